The number of rotatable bonds is 7. The van der Waals surface area contributed by atoms with Crippen LogP contribution in [0.5, 0.6) is 0 Å². The molecule has 0 fully saturated rings. The normalized spacial score (nSPS) is 11.1. The first-order valence-electron chi connectivity index (χ1n) is 17.5. The summed E-state index contributed by atoms with van der Waals surface area (Å²) in [6.07, 6.45) is 0. The Morgan fingerprint density at radius 3 is 1.16 bits per heavy atom. The molecule has 1 heteroatoms. The summed E-state index contributed by atoms with van der Waals surface area (Å²) in [5.74, 6) is 0. The van der Waals surface area contributed by atoms with Crippen LogP contribution in [0.4, 0.5) is 17.1 Å². The highest BCUT2D eigenvalue weighted by atomic mass is 15.1. The van der Waals surface area contributed by atoms with E-state index in [0.29, 0.717) is 0 Å². The number of nitrogens with zero attached hydrogens (tertiary/aromatic N) is 1. The third kappa shape index (κ3) is 5.86. The Morgan fingerprint density at radius 1 is 0.235 bits per heavy atom. The molecule has 0 bridgehead atoms. The minimum absolute atomic E-state index is 1.11. The van der Waals surface area contributed by atoms with Gasteiger partial charge in [0.25, 0.3) is 0 Å². The summed E-state index contributed by atoms with van der Waals surface area (Å²) in [6.45, 7) is 0. The van der Waals surface area contributed by atoms with Gasteiger partial charge in [-0.2, -0.15) is 0 Å². The fourth-order valence-corrected chi connectivity index (χ4v) is 7.34. The lowest BCUT2D eigenvalue weighted by Gasteiger charge is -2.26. The first-order valence-corrected chi connectivity index (χ1v) is 17.5. The molecule has 9 aromatic rings. The lowest BCUT2D eigenvalue weighted by atomic mass is 9.89. The Hall–Kier alpha value is -6.70. The van der Waals surface area contributed by atoms with Gasteiger partial charge < -0.3 is 4.90 Å². The van der Waals surface area contributed by atoms with Crippen molar-refractivity contribution in [3.05, 3.63) is 212 Å². The summed E-state index contributed by atoms with van der Waals surface area (Å²) in [5.41, 5.74) is 13.1. The molecule has 0 aliphatic heterocycles. The lowest BCUT2D eigenvalue weighted by Crippen LogP contribution is -2.09. The standard InChI is InChI=1S/C50H35N/c1-4-12-36(13-5-1)38-20-27-43(28-21-38)51(44-29-22-39(23-30-44)37-14-6-2-7-15-37)45-31-24-42(25-32-45)46-34-35-48(40-16-8-3-9-17-40)50-47-19-11-10-18-41(47)26-33-49(46)50/h1-35H. The smallest absolute Gasteiger partial charge is 0.0462 e. The minimum atomic E-state index is 1.11. The Kier molecular flexibility index (Phi) is 7.92. The molecule has 0 saturated carbocycles. The van der Waals surface area contributed by atoms with Crippen LogP contribution in [0, 0.1) is 0 Å². The van der Waals surface area contributed by atoms with Crippen LogP contribution in [-0.2, 0) is 0 Å². The SMILES string of the molecule is c1ccc(-c2ccc(N(c3ccc(-c4ccccc4)cc3)c3ccc(-c4ccc(-c5ccccc5)c5c4ccc4ccccc45)cc3)cc2)cc1. The predicted octanol–water partition coefficient (Wildman–Crippen LogP) is 14.1. The van der Waals surface area contributed by atoms with E-state index in [1.54, 1.807) is 0 Å². The van der Waals surface area contributed by atoms with E-state index in [9.17, 15) is 0 Å². The van der Waals surface area contributed by atoms with Crippen LogP contribution in [0.2, 0.25) is 0 Å². The third-order valence-electron chi connectivity index (χ3n) is 9.89. The minimum Gasteiger partial charge on any atom is -0.311 e. The summed E-state index contributed by atoms with van der Waals surface area (Å²) >= 11 is 0. The van der Waals surface area contributed by atoms with Crippen molar-refractivity contribution in [2.45, 2.75) is 0 Å². The fraction of sp³-hybridized carbons (Fsp3) is 0. The van der Waals surface area contributed by atoms with Crippen molar-refractivity contribution < 1.29 is 0 Å². The molecule has 0 spiro atoms. The zero-order valence-corrected chi connectivity index (χ0v) is 28.2. The van der Waals surface area contributed by atoms with Gasteiger partial charge >= 0.3 is 0 Å². The fourth-order valence-electron chi connectivity index (χ4n) is 7.34. The summed E-state index contributed by atoms with van der Waals surface area (Å²) in [4.78, 5) is 2.34. The van der Waals surface area contributed by atoms with Crippen molar-refractivity contribution in [2.75, 3.05) is 4.90 Å². The topological polar surface area (TPSA) is 3.24 Å². The Bertz CT molecular complexity index is 2490. The van der Waals surface area contributed by atoms with Crippen molar-refractivity contribution in [3.8, 4) is 44.5 Å². The van der Waals surface area contributed by atoms with E-state index in [-0.39, 0.29) is 0 Å². The van der Waals surface area contributed by atoms with E-state index >= 15 is 0 Å². The number of hydrogen-bond acceptors (Lipinski definition) is 1. The first-order chi connectivity index (χ1) is 25.3. The van der Waals surface area contributed by atoms with E-state index in [1.807, 2.05) is 0 Å². The highest BCUT2D eigenvalue weighted by Gasteiger charge is 2.16. The van der Waals surface area contributed by atoms with Gasteiger partial charge in [0.1, 0.15) is 0 Å². The quantitative estimate of drug-likeness (QED) is 0.155. The molecule has 240 valence electrons. The van der Waals surface area contributed by atoms with Crippen LogP contribution in [0.1, 0.15) is 0 Å². The molecule has 9 aromatic carbocycles. The zero-order valence-electron chi connectivity index (χ0n) is 28.2. The Morgan fingerprint density at radius 2 is 0.627 bits per heavy atom. The van der Waals surface area contributed by atoms with Gasteiger partial charge in [0.15, 0.2) is 0 Å². The van der Waals surface area contributed by atoms with E-state index in [0.717, 1.165) is 17.1 Å². The van der Waals surface area contributed by atoms with Gasteiger partial charge in [-0.1, -0.05) is 176 Å². The van der Waals surface area contributed by atoms with Crippen molar-refractivity contribution in [3.63, 3.8) is 0 Å². The van der Waals surface area contributed by atoms with Crippen molar-refractivity contribution >= 4 is 38.6 Å². The first kappa shape index (κ1) is 30.4. The predicted molar refractivity (Wildman–Crippen MR) is 218 cm³/mol. The maximum atomic E-state index is 2.34. The summed E-state index contributed by atoms with van der Waals surface area (Å²) < 4.78 is 0. The largest absolute Gasteiger partial charge is 0.311 e. The molecule has 0 radical (unpaired) electrons. The second-order valence-electron chi connectivity index (χ2n) is 12.9. The van der Waals surface area contributed by atoms with Gasteiger partial charge in [-0.05, 0) is 102 Å². The average Bonchev–Trinajstić information content (AvgIpc) is 3.22. The highest BCUT2D eigenvalue weighted by Crippen LogP contribution is 2.42. The number of hydrogen-bond donors (Lipinski definition) is 0. The maximum absolute atomic E-state index is 2.34. The van der Waals surface area contributed by atoms with Gasteiger partial charge in [-0.25, -0.2) is 0 Å². The second kappa shape index (κ2) is 13.3. The lowest BCUT2D eigenvalue weighted by molar-refractivity contribution is 1.28. The molecule has 9 rings (SSSR count). The Balaban J connectivity index is 1.14. The summed E-state index contributed by atoms with van der Waals surface area (Å²) in [5, 5.41) is 5.07. The van der Waals surface area contributed by atoms with Crippen molar-refractivity contribution in [1.82, 2.24) is 0 Å². The molecule has 0 atom stereocenters. The molecule has 0 unspecified atom stereocenters. The van der Waals surface area contributed by atoms with Crippen LogP contribution in [-0.4, -0.2) is 0 Å². The van der Waals surface area contributed by atoms with Gasteiger partial charge in [-0.15, -0.1) is 0 Å². The van der Waals surface area contributed by atoms with Crippen LogP contribution in [0.25, 0.3) is 66.1 Å². The monoisotopic (exact) mass is 649 g/mol. The van der Waals surface area contributed by atoms with Crippen LogP contribution < -0.4 is 4.90 Å². The highest BCUT2D eigenvalue weighted by molar-refractivity contribution is 6.18. The average molecular weight is 650 g/mol. The van der Waals surface area contributed by atoms with E-state index < -0.39 is 0 Å². The Labute approximate surface area is 299 Å². The number of benzene rings is 9. The molecule has 1 nitrogen and oxygen atoms in total. The molecule has 0 N–H and O–H groups in total. The van der Waals surface area contributed by atoms with Gasteiger partial charge in [0.05, 0.1) is 0 Å². The summed E-state index contributed by atoms with van der Waals surface area (Å²) in [6, 6.07) is 76.5. The molecule has 0 heterocycles. The van der Waals surface area contributed by atoms with E-state index in [2.05, 4.69) is 217 Å². The van der Waals surface area contributed by atoms with E-state index in [1.165, 1.54) is 66.1 Å². The molecule has 0 amide bonds. The molecule has 0 aliphatic rings. The van der Waals surface area contributed by atoms with Gasteiger partial charge in [-0.3, -0.25) is 0 Å². The molecular formula is C50H35N. The van der Waals surface area contributed by atoms with Crippen LogP contribution in [0.15, 0.2) is 212 Å². The number of anilines is 3. The molecule has 0 aliphatic carbocycles. The van der Waals surface area contributed by atoms with Gasteiger partial charge in [0.2, 0.25) is 0 Å². The van der Waals surface area contributed by atoms with Gasteiger partial charge in [0, 0.05) is 17.1 Å². The molecular weight excluding hydrogens is 615 g/mol. The number of fused-ring (bicyclic) bond motifs is 3. The second-order valence-corrected chi connectivity index (χ2v) is 12.9. The molecule has 51 heavy (non-hydrogen) atoms. The van der Waals surface area contributed by atoms with Crippen molar-refractivity contribution in [1.29, 1.82) is 0 Å². The van der Waals surface area contributed by atoms with E-state index in [4.69, 9.17) is 0 Å². The maximum Gasteiger partial charge on any atom is 0.0462 e. The summed E-state index contributed by atoms with van der Waals surface area (Å²) in [7, 11) is 0. The molecule has 0 aromatic heterocycles. The molecule has 0 saturated heterocycles. The third-order valence-corrected chi connectivity index (χ3v) is 9.89. The van der Waals surface area contributed by atoms with Crippen LogP contribution >= 0.6 is 0 Å². The van der Waals surface area contributed by atoms with Crippen LogP contribution in [0.3, 0.4) is 0 Å². The zero-order chi connectivity index (χ0) is 34.0. The van der Waals surface area contributed by atoms with Crippen molar-refractivity contribution in [2.24, 2.45) is 0 Å².